The molecule has 4 nitrogen and oxygen atoms in total. The lowest BCUT2D eigenvalue weighted by atomic mass is 10.1. The summed E-state index contributed by atoms with van der Waals surface area (Å²) < 4.78 is 0. The molecule has 3 N–H and O–H groups in total. The molecule has 0 bridgehead atoms. The fraction of sp³-hybridized carbons (Fsp3) is 0.200. The smallest absolute Gasteiger partial charge is 0.279 e. The van der Waals surface area contributed by atoms with Gasteiger partial charge in [-0.3, -0.25) is 4.79 Å². The fourth-order valence-electron chi connectivity index (χ4n) is 1.94. The van der Waals surface area contributed by atoms with Crippen LogP contribution in [0.25, 0.3) is 0 Å². The van der Waals surface area contributed by atoms with Gasteiger partial charge in [-0.25, -0.2) is 4.98 Å². The van der Waals surface area contributed by atoms with Crippen molar-refractivity contribution in [2.75, 3.05) is 11.9 Å². The highest BCUT2D eigenvalue weighted by Gasteiger charge is 2.14. The van der Waals surface area contributed by atoms with Gasteiger partial charge < -0.3 is 10.6 Å². The van der Waals surface area contributed by atoms with Crippen molar-refractivity contribution in [3.05, 3.63) is 58.3 Å². The zero-order chi connectivity index (χ0) is 15.2. The molecule has 0 aliphatic carbocycles. The van der Waals surface area contributed by atoms with Gasteiger partial charge in [-0.05, 0) is 25.1 Å². The van der Waals surface area contributed by atoms with Gasteiger partial charge in [0.25, 0.3) is 5.91 Å². The molecule has 0 unspecified atom stereocenters. The Balaban J connectivity index is 1.90. The minimum atomic E-state index is -0.135. The van der Waals surface area contributed by atoms with Gasteiger partial charge in [-0.15, -0.1) is 0 Å². The van der Waals surface area contributed by atoms with Gasteiger partial charge in [0.1, 0.15) is 6.04 Å². The van der Waals surface area contributed by atoms with Crippen LogP contribution in [-0.4, -0.2) is 17.4 Å². The van der Waals surface area contributed by atoms with Crippen LogP contribution < -0.4 is 10.6 Å². The lowest BCUT2D eigenvalue weighted by Crippen LogP contribution is -2.86. The Morgan fingerprint density at radius 2 is 2.05 bits per heavy atom. The molecule has 110 valence electrons. The lowest BCUT2D eigenvalue weighted by molar-refractivity contribution is -0.682. The average molecular weight is 325 g/mol. The zero-order valence-electron chi connectivity index (χ0n) is 11.5. The summed E-state index contributed by atoms with van der Waals surface area (Å²) in [6, 6.07) is 11.1. The molecule has 0 saturated heterocycles. The number of aromatic nitrogens is 1. The Hall–Kier alpha value is -1.62. The predicted octanol–water partition coefficient (Wildman–Crippen LogP) is 2.65. The molecule has 2 rings (SSSR count). The third kappa shape index (κ3) is 4.43. The van der Waals surface area contributed by atoms with E-state index in [0.29, 0.717) is 10.7 Å². The van der Waals surface area contributed by atoms with Crippen molar-refractivity contribution in [1.29, 1.82) is 0 Å². The number of nitrogens with two attached hydrogens (primary N) is 1. The number of quaternary nitrogens is 1. The summed E-state index contributed by atoms with van der Waals surface area (Å²) in [5.74, 6) is -0.135. The molecule has 0 radical (unpaired) electrons. The number of benzene rings is 1. The zero-order valence-corrected chi connectivity index (χ0v) is 13.0. The Labute approximate surface area is 133 Å². The minimum absolute atomic E-state index is 0.0915. The summed E-state index contributed by atoms with van der Waals surface area (Å²) in [5.41, 5.74) is 1.52. The molecule has 1 aromatic heterocycles. The van der Waals surface area contributed by atoms with E-state index in [1.54, 1.807) is 18.3 Å². The van der Waals surface area contributed by atoms with E-state index in [4.69, 9.17) is 23.2 Å². The maximum Gasteiger partial charge on any atom is 0.279 e. The van der Waals surface area contributed by atoms with Gasteiger partial charge in [0.05, 0.1) is 5.69 Å². The van der Waals surface area contributed by atoms with E-state index in [1.165, 1.54) is 0 Å². The van der Waals surface area contributed by atoms with Crippen LogP contribution >= 0.6 is 23.2 Å². The third-order valence-electron chi connectivity index (χ3n) is 3.09. The molecule has 0 aliphatic rings. The average Bonchev–Trinajstić information content (AvgIpc) is 2.48. The number of amides is 1. The second-order valence-electron chi connectivity index (χ2n) is 4.64. The van der Waals surface area contributed by atoms with Gasteiger partial charge in [0, 0.05) is 16.8 Å². The maximum atomic E-state index is 11.9. The van der Waals surface area contributed by atoms with E-state index >= 15 is 0 Å². The third-order valence-corrected chi connectivity index (χ3v) is 3.73. The van der Waals surface area contributed by atoms with E-state index in [2.05, 4.69) is 10.3 Å². The van der Waals surface area contributed by atoms with Crippen LogP contribution in [0.4, 0.5) is 5.69 Å². The number of carbonyl (C=O) groups excluding carboxylic acids is 1. The number of nitrogens with zero attached hydrogens (tertiary/aromatic N) is 1. The standard InChI is InChI=1S/C15H15Cl2N3O/c1-10(11-5-2-3-6-12(11)16)19-9-14(21)20-13-7-4-8-18-15(13)17/h2-8,10,19H,9H2,1H3,(H,20,21)/p+1/t10-/m1/s1. The predicted molar refractivity (Wildman–Crippen MR) is 84.5 cm³/mol. The lowest BCUT2D eigenvalue weighted by Gasteiger charge is -2.12. The van der Waals surface area contributed by atoms with E-state index in [1.807, 2.05) is 36.5 Å². The highest BCUT2D eigenvalue weighted by Crippen LogP contribution is 2.19. The molecule has 1 atom stereocenters. The van der Waals surface area contributed by atoms with E-state index in [9.17, 15) is 4.79 Å². The first-order valence-corrected chi connectivity index (χ1v) is 7.31. The maximum absolute atomic E-state index is 11.9. The summed E-state index contributed by atoms with van der Waals surface area (Å²) in [6.07, 6.45) is 1.57. The van der Waals surface area contributed by atoms with Gasteiger partial charge in [-0.2, -0.15) is 0 Å². The van der Waals surface area contributed by atoms with Crippen molar-refractivity contribution < 1.29 is 10.1 Å². The van der Waals surface area contributed by atoms with Gasteiger partial charge in [-0.1, -0.05) is 41.4 Å². The highest BCUT2D eigenvalue weighted by molar-refractivity contribution is 6.32. The topological polar surface area (TPSA) is 58.6 Å². The molecular formula is C15H16Cl2N3O+. The Morgan fingerprint density at radius 1 is 1.29 bits per heavy atom. The summed E-state index contributed by atoms with van der Waals surface area (Å²) >= 11 is 12.0. The normalized spacial score (nSPS) is 12.0. The summed E-state index contributed by atoms with van der Waals surface area (Å²) in [4.78, 5) is 15.8. The molecule has 0 spiro atoms. The molecule has 21 heavy (non-hydrogen) atoms. The summed E-state index contributed by atoms with van der Waals surface area (Å²) in [6.45, 7) is 2.28. The Kier molecular flexibility index (Phi) is 5.56. The van der Waals surface area contributed by atoms with Crippen LogP contribution in [0.5, 0.6) is 0 Å². The molecular weight excluding hydrogens is 309 g/mol. The summed E-state index contributed by atoms with van der Waals surface area (Å²) in [5, 5.41) is 5.64. The number of anilines is 1. The van der Waals surface area contributed by atoms with Crippen LogP contribution in [0.15, 0.2) is 42.6 Å². The van der Waals surface area contributed by atoms with Crippen LogP contribution in [0.3, 0.4) is 0 Å². The molecule has 0 saturated carbocycles. The fourth-order valence-corrected chi connectivity index (χ4v) is 2.41. The monoisotopic (exact) mass is 324 g/mol. The number of nitrogens with one attached hydrogen (secondary N) is 1. The van der Waals surface area contributed by atoms with Crippen LogP contribution in [0.2, 0.25) is 10.2 Å². The van der Waals surface area contributed by atoms with E-state index in [-0.39, 0.29) is 23.6 Å². The van der Waals surface area contributed by atoms with Crippen molar-refractivity contribution in [2.45, 2.75) is 13.0 Å². The first kappa shape index (κ1) is 15.8. The first-order valence-electron chi connectivity index (χ1n) is 6.56. The number of carbonyl (C=O) groups is 1. The second kappa shape index (κ2) is 7.41. The highest BCUT2D eigenvalue weighted by atomic mass is 35.5. The Bertz CT molecular complexity index is 634. The number of pyridine rings is 1. The second-order valence-corrected chi connectivity index (χ2v) is 5.41. The number of rotatable bonds is 5. The molecule has 1 aromatic carbocycles. The minimum Gasteiger partial charge on any atom is -0.332 e. The van der Waals surface area contributed by atoms with Crippen molar-refractivity contribution in [3.8, 4) is 0 Å². The molecule has 2 aromatic rings. The Morgan fingerprint density at radius 3 is 2.76 bits per heavy atom. The van der Waals surface area contributed by atoms with Crippen LogP contribution in [0, 0.1) is 0 Å². The van der Waals surface area contributed by atoms with E-state index < -0.39 is 0 Å². The summed E-state index contributed by atoms with van der Waals surface area (Å²) in [7, 11) is 0. The number of hydrogen-bond donors (Lipinski definition) is 2. The van der Waals surface area contributed by atoms with Gasteiger partial charge in [0.15, 0.2) is 11.7 Å². The van der Waals surface area contributed by atoms with Crippen molar-refractivity contribution in [2.24, 2.45) is 0 Å². The molecule has 1 amide bonds. The van der Waals surface area contributed by atoms with Crippen molar-refractivity contribution in [3.63, 3.8) is 0 Å². The molecule has 0 aliphatic heterocycles. The van der Waals surface area contributed by atoms with Crippen molar-refractivity contribution >= 4 is 34.8 Å². The van der Waals surface area contributed by atoms with Crippen LogP contribution in [0.1, 0.15) is 18.5 Å². The number of hydrogen-bond acceptors (Lipinski definition) is 2. The molecule has 6 heteroatoms. The van der Waals surface area contributed by atoms with Gasteiger partial charge >= 0.3 is 0 Å². The molecule has 0 fully saturated rings. The first-order chi connectivity index (χ1) is 10.1. The SMILES string of the molecule is C[C@@H]([NH2+]CC(=O)Nc1cccnc1Cl)c1ccccc1Cl. The molecule has 1 heterocycles. The quantitative estimate of drug-likeness (QED) is 0.831. The largest absolute Gasteiger partial charge is 0.332 e. The number of halogens is 2. The van der Waals surface area contributed by atoms with Crippen molar-refractivity contribution in [1.82, 2.24) is 4.98 Å². The van der Waals surface area contributed by atoms with Gasteiger partial charge in [0.2, 0.25) is 0 Å². The van der Waals surface area contributed by atoms with Crippen LogP contribution in [-0.2, 0) is 4.79 Å². The van der Waals surface area contributed by atoms with E-state index in [0.717, 1.165) is 5.56 Å².